The molecule has 6 nitrogen and oxygen atoms in total. The third-order valence-electron chi connectivity index (χ3n) is 5.23. The molecule has 0 saturated heterocycles. The number of rotatable bonds is 4. The van der Waals surface area contributed by atoms with Crippen LogP contribution in [0.5, 0.6) is 5.75 Å². The van der Waals surface area contributed by atoms with Gasteiger partial charge < -0.3 is 4.74 Å². The van der Waals surface area contributed by atoms with Crippen molar-refractivity contribution in [2.45, 2.75) is 20.4 Å². The Kier molecular flexibility index (Phi) is 5.02. The van der Waals surface area contributed by atoms with Crippen molar-refractivity contribution in [2.24, 2.45) is 0 Å². The minimum atomic E-state index is -0.449. The van der Waals surface area contributed by atoms with E-state index in [0.29, 0.717) is 27.2 Å². The van der Waals surface area contributed by atoms with E-state index in [9.17, 15) is 14.9 Å². The normalized spacial score (nSPS) is 10.9. The van der Waals surface area contributed by atoms with Crippen LogP contribution >= 0.6 is 11.3 Å². The number of nitriles is 1. The van der Waals surface area contributed by atoms with Gasteiger partial charge in [-0.1, -0.05) is 24.3 Å². The first-order valence-electron chi connectivity index (χ1n) is 9.34. The monoisotopic (exact) mass is 417 g/mol. The Bertz CT molecular complexity index is 1440. The van der Waals surface area contributed by atoms with Gasteiger partial charge >= 0.3 is 5.69 Å². The number of aryl methyl sites for hydroxylation is 2. The molecule has 2 heterocycles. The van der Waals surface area contributed by atoms with Crippen LogP contribution in [0.25, 0.3) is 15.9 Å². The van der Waals surface area contributed by atoms with Gasteiger partial charge in [-0.05, 0) is 43.2 Å². The summed E-state index contributed by atoms with van der Waals surface area (Å²) in [6.07, 6.45) is 0. The second-order valence-electron chi connectivity index (χ2n) is 6.94. The highest BCUT2D eigenvalue weighted by molar-refractivity contribution is 7.18. The van der Waals surface area contributed by atoms with Crippen LogP contribution in [-0.2, 0) is 6.54 Å². The molecule has 0 aliphatic heterocycles. The number of fused-ring (bicyclic) bond motifs is 1. The first-order valence-corrected chi connectivity index (χ1v) is 10.2. The zero-order valence-electron chi connectivity index (χ0n) is 16.8. The molecule has 4 rings (SSSR count). The number of nitrogens with zero attached hydrogens (tertiary/aromatic N) is 3. The van der Waals surface area contributed by atoms with Gasteiger partial charge in [0.15, 0.2) is 0 Å². The van der Waals surface area contributed by atoms with Gasteiger partial charge in [0.1, 0.15) is 10.6 Å². The fraction of sp³-hybridized carbons (Fsp3) is 0.174. The van der Waals surface area contributed by atoms with Crippen LogP contribution < -0.4 is 16.0 Å². The molecule has 4 aromatic rings. The lowest BCUT2D eigenvalue weighted by Crippen LogP contribution is -2.39. The molecular weight excluding hydrogens is 398 g/mol. The molecule has 2 aromatic heterocycles. The third-order valence-corrected chi connectivity index (χ3v) is 6.46. The van der Waals surface area contributed by atoms with Crippen LogP contribution in [0.15, 0.2) is 58.1 Å². The van der Waals surface area contributed by atoms with Crippen molar-refractivity contribution >= 4 is 21.6 Å². The number of hydrogen-bond acceptors (Lipinski definition) is 5. The maximum Gasteiger partial charge on any atom is 0.337 e. The predicted octanol–water partition coefficient (Wildman–Crippen LogP) is 3.76. The van der Waals surface area contributed by atoms with E-state index in [0.717, 1.165) is 16.0 Å². The summed E-state index contributed by atoms with van der Waals surface area (Å²) < 4.78 is 8.03. The second-order valence-corrected chi connectivity index (χ2v) is 8.15. The highest BCUT2D eigenvalue weighted by atomic mass is 32.1. The molecule has 7 heteroatoms. The fourth-order valence-corrected chi connectivity index (χ4v) is 4.65. The van der Waals surface area contributed by atoms with Crippen molar-refractivity contribution in [1.82, 2.24) is 9.13 Å². The molecule has 0 N–H and O–H groups in total. The van der Waals surface area contributed by atoms with E-state index in [1.165, 1.54) is 23.0 Å². The van der Waals surface area contributed by atoms with Crippen molar-refractivity contribution in [3.63, 3.8) is 0 Å². The van der Waals surface area contributed by atoms with E-state index in [1.54, 1.807) is 41.0 Å². The maximum atomic E-state index is 13.5. The molecule has 0 unspecified atom stereocenters. The van der Waals surface area contributed by atoms with Crippen molar-refractivity contribution in [1.29, 1.82) is 5.26 Å². The smallest absolute Gasteiger partial charge is 0.337 e. The molecule has 0 atom stereocenters. The zero-order chi connectivity index (χ0) is 21.4. The van der Waals surface area contributed by atoms with Gasteiger partial charge in [-0.2, -0.15) is 5.26 Å². The summed E-state index contributed by atoms with van der Waals surface area (Å²) >= 11 is 1.42. The predicted molar refractivity (Wildman–Crippen MR) is 118 cm³/mol. The molecule has 0 bridgehead atoms. The lowest BCUT2D eigenvalue weighted by Gasteiger charge is -2.13. The quantitative estimate of drug-likeness (QED) is 0.507. The van der Waals surface area contributed by atoms with Crippen molar-refractivity contribution in [3.8, 4) is 17.5 Å². The average molecular weight is 417 g/mol. The van der Waals surface area contributed by atoms with Crippen LogP contribution in [0.1, 0.15) is 21.6 Å². The summed E-state index contributed by atoms with van der Waals surface area (Å²) in [5.41, 5.74) is 1.73. The van der Waals surface area contributed by atoms with E-state index < -0.39 is 5.69 Å². The van der Waals surface area contributed by atoms with Crippen LogP contribution in [-0.4, -0.2) is 16.2 Å². The minimum Gasteiger partial charge on any atom is -0.497 e. The number of thiophene rings is 1. The molecule has 0 saturated carbocycles. The van der Waals surface area contributed by atoms with Gasteiger partial charge in [0.25, 0.3) is 5.56 Å². The SMILES string of the molecule is COc1cccc(-n2c(=O)c3c(C)c(C)sc3n(Cc3ccccc3C#N)c2=O)c1. The number of ether oxygens (including phenoxy) is 1. The van der Waals surface area contributed by atoms with Gasteiger partial charge in [0.2, 0.25) is 0 Å². The molecule has 0 aliphatic rings. The first-order chi connectivity index (χ1) is 14.5. The summed E-state index contributed by atoms with van der Waals surface area (Å²) in [7, 11) is 1.54. The Balaban J connectivity index is 2.07. The molecule has 0 amide bonds. The third kappa shape index (κ3) is 3.11. The Morgan fingerprint density at radius 2 is 1.87 bits per heavy atom. The van der Waals surface area contributed by atoms with E-state index in [1.807, 2.05) is 26.0 Å². The molecule has 0 radical (unpaired) electrons. The highest BCUT2D eigenvalue weighted by Crippen LogP contribution is 2.28. The summed E-state index contributed by atoms with van der Waals surface area (Å²) in [5, 5.41) is 9.98. The van der Waals surface area contributed by atoms with Crippen LogP contribution in [0.3, 0.4) is 0 Å². The number of hydrogen-bond donors (Lipinski definition) is 0. The van der Waals surface area contributed by atoms with E-state index in [2.05, 4.69) is 6.07 Å². The Morgan fingerprint density at radius 3 is 2.60 bits per heavy atom. The molecule has 0 aliphatic carbocycles. The minimum absolute atomic E-state index is 0.197. The summed E-state index contributed by atoms with van der Waals surface area (Å²) in [4.78, 5) is 28.5. The molecule has 0 fully saturated rings. The standard InChI is InChI=1S/C23H19N3O3S/c1-14-15(2)30-22-20(14)21(27)26(18-9-6-10-19(11-18)29-3)23(28)25(22)13-17-8-5-4-7-16(17)12-24/h4-11H,13H2,1-3H3. The average Bonchev–Trinajstić information content (AvgIpc) is 3.06. The Morgan fingerprint density at radius 1 is 1.10 bits per heavy atom. The van der Waals surface area contributed by atoms with E-state index in [4.69, 9.17) is 4.74 Å². The summed E-state index contributed by atoms with van der Waals surface area (Å²) in [6.45, 7) is 4.03. The van der Waals surface area contributed by atoms with Crippen molar-refractivity contribution < 1.29 is 4.74 Å². The maximum absolute atomic E-state index is 13.5. The van der Waals surface area contributed by atoms with Crippen molar-refractivity contribution in [3.05, 3.63) is 90.9 Å². The van der Waals surface area contributed by atoms with Gasteiger partial charge in [-0.3, -0.25) is 9.36 Å². The summed E-state index contributed by atoms with van der Waals surface area (Å²) in [6, 6.07) is 16.2. The topological polar surface area (TPSA) is 77.0 Å². The molecule has 2 aromatic carbocycles. The van der Waals surface area contributed by atoms with Gasteiger partial charge in [0, 0.05) is 10.9 Å². The van der Waals surface area contributed by atoms with Crippen molar-refractivity contribution in [2.75, 3.05) is 7.11 Å². The van der Waals surface area contributed by atoms with Crippen LogP contribution in [0, 0.1) is 25.2 Å². The molecule has 0 spiro atoms. The van der Waals surface area contributed by atoms with E-state index in [-0.39, 0.29) is 12.1 Å². The zero-order valence-corrected chi connectivity index (χ0v) is 17.6. The summed E-state index contributed by atoms with van der Waals surface area (Å²) in [5.74, 6) is 0.554. The van der Waals surface area contributed by atoms with E-state index >= 15 is 0 Å². The largest absolute Gasteiger partial charge is 0.497 e. The van der Waals surface area contributed by atoms with Gasteiger partial charge in [-0.15, -0.1) is 11.3 Å². The highest BCUT2D eigenvalue weighted by Gasteiger charge is 2.20. The molecular formula is C23H19N3O3S. The lowest BCUT2D eigenvalue weighted by atomic mass is 10.1. The van der Waals surface area contributed by atoms with Gasteiger partial charge in [-0.25, -0.2) is 9.36 Å². The van der Waals surface area contributed by atoms with Gasteiger partial charge in [0.05, 0.1) is 36.4 Å². The number of methoxy groups -OCH3 is 1. The Hall–Kier alpha value is -3.63. The van der Waals surface area contributed by atoms with Crippen LogP contribution in [0.4, 0.5) is 0 Å². The fourth-order valence-electron chi connectivity index (χ4n) is 3.51. The molecule has 150 valence electrons. The number of benzene rings is 2. The lowest BCUT2D eigenvalue weighted by molar-refractivity contribution is 0.414. The first kappa shape index (κ1) is 19.7. The van der Waals surface area contributed by atoms with Crippen LogP contribution in [0.2, 0.25) is 0 Å². The molecule has 30 heavy (non-hydrogen) atoms. The number of aromatic nitrogens is 2. The second kappa shape index (κ2) is 7.65. The Labute approximate surface area is 176 Å².